The molecule has 0 aromatic heterocycles. The molecular weight excluding hydrogens is 280 g/mol. The van der Waals surface area contributed by atoms with Crippen LogP contribution in [0.5, 0.6) is 0 Å². The molecule has 0 heterocycles. The lowest BCUT2D eigenvalue weighted by Gasteiger charge is -1.97. The van der Waals surface area contributed by atoms with E-state index in [4.69, 9.17) is 5.11 Å². The first-order valence-corrected chi connectivity index (χ1v) is 6.47. The third-order valence-corrected chi connectivity index (χ3v) is 2.23. The van der Waals surface area contributed by atoms with Crippen LogP contribution in [0.3, 0.4) is 0 Å². The molecule has 0 unspecified atom stereocenters. The van der Waals surface area contributed by atoms with E-state index in [1.165, 1.54) is 12.2 Å². The Labute approximate surface area is 130 Å². The lowest BCUT2D eigenvalue weighted by Crippen LogP contribution is -2.03. The second-order valence-corrected chi connectivity index (χ2v) is 4.24. The number of esters is 1. The Morgan fingerprint density at radius 2 is 1.82 bits per heavy atom. The average Bonchev–Trinajstić information content (AvgIpc) is 2.51. The molecule has 4 heteroatoms. The lowest BCUT2D eigenvalue weighted by atomic mass is 10.2. The van der Waals surface area contributed by atoms with Gasteiger partial charge in [0.15, 0.2) is 0 Å². The third kappa shape index (κ3) is 9.09. The van der Waals surface area contributed by atoms with Crippen molar-refractivity contribution in [3.05, 3.63) is 78.9 Å². The van der Waals surface area contributed by atoms with Crippen LogP contribution in [-0.4, -0.2) is 23.7 Å². The Morgan fingerprint density at radius 1 is 1.23 bits per heavy atom. The van der Waals surface area contributed by atoms with Gasteiger partial charge in [-0.1, -0.05) is 62.2 Å². The zero-order valence-electron chi connectivity index (χ0n) is 12.6. The van der Waals surface area contributed by atoms with Crippen LogP contribution in [0.15, 0.2) is 73.4 Å². The van der Waals surface area contributed by atoms with Gasteiger partial charge in [0.25, 0.3) is 0 Å². The maximum absolute atomic E-state index is 10.5. The highest BCUT2D eigenvalue weighted by atomic mass is 16.5. The van der Waals surface area contributed by atoms with E-state index in [9.17, 15) is 9.59 Å². The van der Waals surface area contributed by atoms with Crippen LogP contribution >= 0.6 is 0 Å². The number of aliphatic carboxylic acids is 1. The minimum Gasteiger partial charge on any atom is -0.478 e. The van der Waals surface area contributed by atoms with Crippen molar-refractivity contribution in [2.75, 3.05) is 6.61 Å². The molecule has 4 nitrogen and oxygen atoms in total. The molecule has 0 amide bonds. The topological polar surface area (TPSA) is 63.6 Å². The van der Waals surface area contributed by atoms with Gasteiger partial charge in [0.1, 0.15) is 6.61 Å². The Morgan fingerprint density at radius 3 is 2.27 bits per heavy atom. The van der Waals surface area contributed by atoms with E-state index >= 15 is 0 Å². The second kappa shape index (κ2) is 10.9. The van der Waals surface area contributed by atoms with Crippen LogP contribution in [-0.2, 0) is 14.3 Å². The van der Waals surface area contributed by atoms with Crippen LogP contribution in [0.1, 0.15) is 12.5 Å². The highest BCUT2D eigenvalue weighted by Gasteiger charge is 1.99. The first-order valence-electron chi connectivity index (χ1n) is 6.47. The minimum absolute atomic E-state index is 0.0869. The SMILES string of the molecule is C=C(C=Cc1ccccc1)C(=O)O.C=CCOC(=O)C(=C)C. The molecule has 1 aromatic carbocycles. The van der Waals surface area contributed by atoms with Crippen molar-refractivity contribution in [1.29, 1.82) is 0 Å². The van der Waals surface area contributed by atoms with Crippen LogP contribution in [0.2, 0.25) is 0 Å². The normalized spacial score (nSPS) is 9.32. The number of benzene rings is 1. The highest BCUT2D eigenvalue weighted by molar-refractivity contribution is 5.90. The van der Waals surface area contributed by atoms with E-state index in [1.807, 2.05) is 30.3 Å². The highest BCUT2D eigenvalue weighted by Crippen LogP contribution is 2.03. The Bertz CT molecular complexity index is 568. The molecule has 1 aromatic rings. The summed E-state index contributed by atoms with van der Waals surface area (Å²) >= 11 is 0. The van der Waals surface area contributed by atoms with Gasteiger partial charge in [-0.05, 0) is 18.6 Å². The zero-order chi connectivity index (χ0) is 17.0. The van der Waals surface area contributed by atoms with E-state index in [-0.39, 0.29) is 18.1 Å². The van der Waals surface area contributed by atoms with Gasteiger partial charge in [-0.15, -0.1) is 0 Å². The van der Waals surface area contributed by atoms with Crippen molar-refractivity contribution >= 4 is 18.0 Å². The molecule has 1 rings (SSSR count). The van der Waals surface area contributed by atoms with Crippen LogP contribution in [0.4, 0.5) is 0 Å². The fraction of sp³-hybridized carbons (Fsp3) is 0.111. The van der Waals surface area contributed by atoms with Crippen molar-refractivity contribution in [2.45, 2.75) is 6.92 Å². The maximum Gasteiger partial charge on any atom is 0.335 e. The molecule has 0 saturated heterocycles. The lowest BCUT2D eigenvalue weighted by molar-refractivity contribution is -0.137. The predicted molar refractivity (Wildman–Crippen MR) is 88.2 cm³/mol. The Hall–Kier alpha value is -2.88. The van der Waals surface area contributed by atoms with Crippen LogP contribution in [0.25, 0.3) is 6.08 Å². The van der Waals surface area contributed by atoms with Crippen LogP contribution in [0, 0.1) is 0 Å². The van der Waals surface area contributed by atoms with Gasteiger partial charge in [-0.3, -0.25) is 0 Å². The number of carboxylic acid groups (broad SMARTS) is 1. The summed E-state index contributed by atoms with van der Waals surface area (Å²) in [5.74, 6) is -1.36. The number of carbonyl (C=O) groups is 2. The van der Waals surface area contributed by atoms with Gasteiger partial charge in [0, 0.05) is 5.57 Å². The number of carbonyl (C=O) groups excluding carboxylic acids is 1. The number of rotatable bonds is 6. The summed E-state index contributed by atoms with van der Waals surface area (Å²) in [5, 5.41) is 8.51. The number of ether oxygens (including phenoxy) is 1. The number of hydrogen-bond acceptors (Lipinski definition) is 3. The molecule has 22 heavy (non-hydrogen) atoms. The summed E-state index contributed by atoms with van der Waals surface area (Å²) in [6, 6.07) is 9.48. The predicted octanol–water partition coefficient (Wildman–Crippen LogP) is 3.63. The molecule has 0 aliphatic carbocycles. The summed E-state index contributed by atoms with van der Waals surface area (Å²) < 4.78 is 4.60. The quantitative estimate of drug-likeness (QED) is 0.377. The molecule has 0 aliphatic rings. The third-order valence-electron chi connectivity index (χ3n) is 2.23. The second-order valence-electron chi connectivity index (χ2n) is 4.24. The molecule has 0 aliphatic heterocycles. The minimum atomic E-state index is -0.993. The molecule has 0 spiro atoms. The molecule has 0 radical (unpaired) electrons. The van der Waals surface area contributed by atoms with Crippen molar-refractivity contribution in [3.63, 3.8) is 0 Å². The van der Waals surface area contributed by atoms with E-state index in [0.29, 0.717) is 5.57 Å². The molecule has 116 valence electrons. The van der Waals surface area contributed by atoms with Gasteiger partial charge in [-0.2, -0.15) is 0 Å². The fourth-order valence-corrected chi connectivity index (χ4v) is 1.09. The van der Waals surface area contributed by atoms with Crippen molar-refractivity contribution in [3.8, 4) is 0 Å². The monoisotopic (exact) mass is 300 g/mol. The standard InChI is InChI=1S/C11H10O2.C7H10O2/c1-9(11(12)13)7-8-10-5-3-2-4-6-10;1-4-5-9-7(8)6(2)3/h2-8H,1H2,(H,12,13);4H,1-2,5H2,3H3. The maximum atomic E-state index is 10.5. The van der Waals surface area contributed by atoms with Crippen molar-refractivity contribution in [2.24, 2.45) is 0 Å². The molecule has 0 atom stereocenters. The summed E-state index contributed by atoms with van der Waals surface area (Å²) in [5.41, 5.74) is 1.46. The smallest absolute Gasteiger partial charge is 0.335 e. The van der Waals surface area contributed by atoms with Crippen LogP contribution < -0.4 is 0 Å². The molecule has 1 N–H and O–H groups in total. The molecule has 0 bridgehead atoms. The van der Waals surface area contributed by atoms with Gasteiger partial charge in [0.05, 0.1) is 5.57 Å². The van der Waals surface area contributed by atoms with E-state index < -0.39 is 5.97 Å². The summed E-state index contributed by atoms with van der Waals surface area (Å²) in [7, 11) is 0. The Balaban J connectivity index is 0.000000433. The summed E-state index contributed by atoms with van der Waals surface area (Å²) in [6.45, 7) is 12.0. The van der Waals surface area contributed by atoms with Gasteiger partial charge >= 0.3 is 11.9 Å². The first kappa shape index (κ1) is 19.1. The first-order chi connectivity index (χ1) is 10.4. The molecular formula is C18H20O4. The van der Waals surface area contributed by atoms with Gasteiger partial charge in [-0.25, -0.2) is 9.59 Å². The van der Waals surface area contributed by atoms with E-state index in [2.05, 4.69) is 24.5 Å². The van der Waals surface area contributed by atoms with Crippen molar-refractivity contribution in [1.82, 2.24) is 0 Å². The largest absolute Gasteiger partial charge is 0.478 e. The number of carboxylic acids is 1. The van der Waals surface area contributed by atoms with E-state index in [0.717, 1.165) is 5.56 Å². The molecule has 0 saturated carbocycles. The average molecular weight is 300 g/mol. The summed E-state index contributed by atoms with van der Waals surface area (Å²) in [6.07, 6.45) is 4.72. The Kier molecular flexibility index (Phi) is 9.43. The van der Waals surface area contributed by atoms with Crippen molar-refractivity contribution < 1.29 is 19.4 Å². The molecule has 0 fully saturated rings. The summed E-state index contributed by atoms with van der Waals surface area (Å²) in [4.78, 5) is 20.9. The zero-order valence-corrected chi connectivity index (χ0v) is 12.6. The van der Waals surface area contributed by atoms with E-state index in [1.54, 1.807) is 13.0 Å². The fourth-order valence-electron chi connectivity index (χ4n) is 1.09. The van der Waals surface area contributed by atoms with Gasteiger partial charge in [0.2, 0.25) is 0 Å². The number of hydrogen-bond donors (Lipinski definition) is 1. The van der Waals surface area contributed by atoms with Gasteiger partial charge < -0.3 is 9.84 Å².